The first-order chi connectivity index (χ1) is 11.1. The summed E-state index contributed by atoms with van der Waals surface area (Å²) in [5.41, 5.74) is 2.58. The Morgan fingerprint density at radius 2 is 1.67 bits per heavy atom. The van der Waals surface area contributed by atoms with Crippen LogP contribution in [0.1, 0.15) is 85.3 Å². The van der Waals surface area contributed by atoms with Crippen molar-refractivity contribution in [2.24, 2.45) is 0 Å². The largest absolute Gasteiger partial charge is 0.490 e. The maximum absolute atomic E-state index is 11.0. The first-order valence-electron chi connectivity index (χ1n) is 9.10. The van der Waals surface area contributed by atoms with E-state index in [1.165, 1.54) is 11.1 Å². The van der Waals surface area contributed by atoms with Crippen LogP contribution in [0.15, 0.2) is 18.2 Å². The van der Waals surface area contributed by atoms with Crippen LogP contribution >= 0.6 is 0 Å². The number of carboxylic acids is 1. The van der Waals surface area contributed by atoms with Gasteiger partial charge in [-0.25, -0.2) is 0 Å². The molecule has 24 heavy (non-hydrogen) atoms. The Kier molecular flexibility index (Phi) is 6.88. The summed E-state index contributed by atoms with van der Waals surface area (Å²) < 4.78 is 6.11. The van der Waals surface area contributed by atoms with Gasteiger partial charge in [0, 0.05) is 5.56 Å². The number of ether oxygens (including phenoxy) is 1. The van der Waals surface area contributed by atoms with Gasteiger partial charge in [0.2, 0.25) is 0 Å². The molecule has 1 rings (SSSR count). The van der Waals surface area contributed by atoms with Crippen molar-refractivity contribution in [1.29, 1.82) is 0 Å². The van der Waals surface area contributed by atoms with Crippen molar-refractivity contribution in [3.8, 4) is 5.75 Å². The van der Waals surface area contributed by atoms with Gasteiger partial charge >= 0.3 is 5.97 Å². The summed E-state index contributed by atoms with van der Waals surface area (Å²) in [4.78, 5) is 11.0. The van der Waals surface area contributed by atoms with Gasteiger partial charge in [0.15, 0.2) is 0 Å². The van der Waals surface area contributed by atoms with E-state index in [9.17, 15) is 4.79 Å². The SMILES string of the molecule is CCC(CC(=O)O)Oc1ccc(C(C)(C)CC)cc1C(C)(C)CC. The van der Waals surface area contributed by atoms with Gasteiger partial charge in [-0.2, -0.15) is 0 Å². The molecular weight excluding hydrogens is 300 g/mol. The fourth-order valence-corrected chi connectivity index (χ4v) is 2.62. The summed E-state index contributed by atoms with van der Waals surface area (Å²) in [5.74, 6) is 0.00694. The lowest BCUT2D eigenvalue weighted by molar-refractivity contribution is -0.138. The number of carbonyl (C=O) groups is 1. The van der Waals surface area contributed by atoms with E-state index < -0.39 is 5.97 Å². The molecule has 1 unspecified atom stereocenters. The van der Waals surface area contributed by atoms with Crippen LogP contribution in [0.4, 0.5) is 0 Å². The maximum Gasteiger partial charge on any atom is 0.307 e. The van der Waals surface area contributed by atoms with Gasteiger partial charge in [0.1, 0.15) is 11.9 Å². The predicted molar refractivity (Wildman–Crippen MR) is 100 cm³/mol. The van der Waals surface area contributed by atoms with Crippen molar-refractivity contribution in [1.82, 2.24) is 0 Å². The van der Waals surface area contributed by atoms with Crippen LogP contribution in [0.25, 0.3) is 0 Å². The molecule has 0 spiro atoms. The second kappa shape index (κ2) is 8.04. The molecule has 1 aromatic carbocycles. The third-order valence-electron chi connectivity index (χ3n) is 5.41. The summed E-state index contributed by atoms with van der Waals surface area (Å²) >= 11 is 0. The standard InChI is InChI=1S/C21H34O3/c1-8-16(14-19(22)23)24-18-12-11-15(20(4,5)9-2)13-17(18)21(6,7)10-3/h11-13,16H,8-10,14H2,1-7H3,(H,22,23). The van der Waals surface area contributed by atoms with E-state index in [2.05, 4.69) is 53.7 Å². The lowest BCUT2D eigenvalue weighted by Gasteiger charge is -2.31. The number of hydrogen-bond acceptors (Lipinski definition) is 2. The third-order valence-corrected chi connectivity index (χ3v) is 5.41. The highest BCUT2D eigenvalue weighted by Gasteiger charge is 2.27. The van der Waals surface area contributed by atoms with E-state index >= 15 is 0 Å². The minimum Gasteiger partial charge on any atom is -0.490 e. The van der Waals surface area contributed by atoms with Gasteiger partial charge in [-0.3, -0.25) is 4.79 Å². The number of rotatable bonds is 9. The van der Waals surface area contributed by atoms with Crippen LogP contribution in [-0.2, 0) is 15.6 Å². The number of aliphatic carboxylic acids is 1. The molecule has 0 aliphatic heterocycles. The lowest BCUT2D eigenvalue weighted by Crippen LogP contribution is -2.24. The van der Waals surface area contributed by atoms with Crippen molar-refractivity contribution in [2.45, 2.75) is 91.1 Å². The van der Waals surface area contributed by atoms with Crippen LogP contribution in [0.5, 0.6) is 5.75 Å². The molecule has 0 bridgehead atoms. The minimum atomic E-state index is -0.818. The smallest absolute Gasteiger partial charge is 0.307 e. The Morgan fingerprint density at radius 3 is 2.12 bits per heavy atom. The fourth-order valence-electron chi connectivity index (χ4n) is 2.62. The Labute approximate surface area is 147 Å². The van der Waals surface area contributed by atoms with E-state index in [0.29, 0.717) is 6.42 Å². The molecule has 1 N–H and O–H groups in total. The van der Waals surface area contributed by atoms with Crippen LogP contribution in [-0.4, -0.2) is 17.2 Å². The molecule has 0 saturated heterocycles. The zero-order valence-corrected chi connectivity index (χ0v) is 16.4. The van der Waals surface area contributed by atoms with Gasteiger partial charge in [-0.05, 0) is 41.7 Å². The summed E-state index contributed by atoms with van der Waals surface area (Å²) in [6.07, 6.45) is 2.48. The monoisotopic (exact) mass is 334 g/mol. The molecule has 0 heterocycles. The molecule has 1 atom stereocenters. The summed E-state index contributed by atoms with van der Waals surface area (Å²) in [6.45, 7) is 15.3. The maximum atomic E-state index is 11.0. The average Bonchev–Trinajstić information content (AvgIpc) is 2.53. The zero-order valence-electron chi connectivity index (χ0n) is 16.4. The van der Waals surface area contributed by atoms with Crippen molar-refractivity contribution in [3.05, 3.63) is 29.3 Å². The molecule has 0 aliphatic rings. The summed E-state index contributed by atoms with van der Waals surface area (Å²) in [6, 6.07) is 6.42. The van der Waals surface area contributed by atoms with Crippen molar-refractivity contribution in [2.75, 3.05) is 0 Å². The Balaban J connectivity index is 3.31. The summed E-state index contributed by atoms with van der Waals surface area (Å²) in [5, 5.41) is 9.07. The molecule has 3 heteroatoms. The van der Waals surface area contributed by atoms with E-state index in [0.717, 1.165) is 18.6 Å². The van der Waals surface area contributed by atoms with Crippen molar-refractivity contribution in [3.63, 3.8) is 0 Å². The van der Waals surface area contributed by atoms with Gasteiger partial charge < -0.3 is 9.84 Å². The Hall–Kier alpha value is -1.51. The third kappa shape index (κ3) is 4.99. The van der Waals surface area contributed by atoms with Crippen molar-refractivity contribution >= 4 is 5.97 Å². The predicted octanol–water partition coefficient (Wildman–Crippen LogP) is 5.69. The molecule has 0 radical (unpaired) electrons. The highest BCUT2D eigenvalue weighted by molar-refractivity contribution is 5.67. The second-order valence-corrected chi connectivity index (χ2v) is 7.93. The zero-order chi connectivity index (χ0) is 18.5. The van der Waals surface area contributed by atoms with Gasteiger partial charge in [-0.1, -0.05) is 60.6 Å². The van der Waals surface area contributed by atoms with Crippen LogP contribution in [0, 0.1) is 0 Å². The van der Waals surface area contributed by atoms with Crippen LogP contribution in [0.3, 0.4) is 0 Å². The molecule has 0 fully saturated rings. The Bertz CT molecular complexity index is 558. The van der Waals surface area contributed by atoms with Crippen LogP contribution < -0.4 is 4.74 Å². The Morgan fingerprint density at radius 1 is 1.08 bits per heavy atom. The molecule has 0 amide bonds. The van der Waals surface area contributed by atoms with Gasteiger partial charge in [0.05, 0.1) is 6.42 Å². The lowest BCUT2D eigenvalue weighted by atomic mass is 9.76. The second-order valence-electron chi connectivity index (χ2n) is 7.93. The average molecular weight is 335 g/mol. The highest BCUT2D eigenvalue weighted by atomic mass is 16.5. The molecule has 136 valence electrons. The van der Waals surface area contributed by atoms with E-state index in [4.69, 9.17) is 9.84 Å². The molecule has 0 aliphatic carbocycles. The first-order valence-corrected chi connectivity index (χ1v) is 9.10. The molecule has 0 aromatic heterocycles. The minimum absolute atomic E-state index is 0.0172. The molecular formula is C21H34O3. The van der Waals surface area contributed by atoms with E-state index in [-0.39, 0.29) is 23.4 Å². The number of carboxylic acid groups (broad SMARTS) is 1. The first kappa shape index (κ1) is 20.5. The van der Waals surface area contributed by atoms with Gasteiger partial charge in [0.25, 0.3) is 0 Å². The van der Waals surface area contributed by atoms with Gasteiger partial charge in [-0.15, -0.1) is 0 Å². The van der Waals surface area contributed by atoms with E-state index in [1.807, 2.05) is 13.0 Å². The quantitative estimate of drug-likeness (QED) is 0.630. The van der Waals surface area contributed by atoms with Crippen LogP contribution in [0.2, 0.25) is 0 Å². The molecule has 1 aromatic rings. The summed E-state index contributed by atoms with van der Waals surface area (Å²) in [7, 11) is 0. The fraction of sp³-hybridized carbons (Fsp3) is 0.667. The highest BCUT2D eigenvalue weighted by Crippen LogP contribution is 2.39. The van der Waals surface area contributed by atoms with E-state index in [1.54, 1.807) is 0 Å². The number of benzene rings is 1. The molecule has 3 nitrogen and oxygen atoms in total. The number of hydrogen-bond donors (Lipinski definition) is 1. The van der Waals surface area contributed by atoms with Crippen molar-refractivity contribution < 1.29 is 14.6 Å². The normalized spacial score (nSPS) is 13.6. The molecule has 0 saturated carbocycles. The topological polar surface area (TPSA) is 46.5 Å².